The Kier molecular flexibility index (Phi) is 3.21. The molecule has 3 rings (SSSR count). The lowest BCUT2D eigenvalue weighted by molar-refractivity contribution is 0.0995. The maximum absolute atomic E-state index is 11.1. The van der Waals surface area contributed by atoms with E-state index in [1.54, 1.807) is 12.3 Å². The van der Waals surface area contributed by atoms with E-state index < -0.39 is 5.91 Å². The van der Waals surface area contributed by atoms with Gasteiger partial charge in [-0.3, -0.25) is 9.78 Å². The van der Waals surface area contributed by atoms with E-state index in [9.17, 15) is 4.79 Å². The first kappa shape index (κ1) is 12.2. The van der Waals surface area contributed by atoms with Gasteiger partial charge < -0.3 is 11.1 Å². The van der Waals surface area contributed by atoms with Crippen LogP contribution in [-0.4, -0.2) is 10.9 Å². The summed E-state index contributed by atoms with van der Waals surface area (Å²) < 4.78 is 0. The molecule has 1 amide bonds. The predicted molar refractivity (Wildman–Crippen MR) is 76.4 cm³/mol. The van der Waals surface area contributed by atoms with Gasteiger partial charge in [0.1, 0.15) is 5.69 Å². The van der Waals surface area contributed by atoms with Gasteiger partial charge in [0.15, 0.2) is 0 Å². The number of hydrogen-bond donors (Lipinski definition) is 2. The highest BCUT2D eigenvalue weighted by Crippen LogP contribution is 2.35. The number of nitrogens with one attached hydrogen (secondary N) is 1. The number of carbonyl (C=O) groups excluding carboxylic acids is 1. The zero-order valence-corrected chi connectivity index (χ0v) is 11.2. The molecule has 0 saturated heterocycles. The second kappa shape index (κ2) is 5.01. The average molecular weight is 273 g/mol. The maximum atomic E-state index is 11.1. The minimum absolute atomic E-state index is 0.298. The fraction of sp³-hybridized carbons (Fsp3) is 0.286. The van der Waals surface area contributed by atoms with Gasteiger partial charge in [0.2, 0.25) is 0 Å². The van der Waals surface area contributed by atoms with E-state index >= 15 is 0 Å². The van der Waals surface area contributed by atoms with E-state index in [0.717, 1.165) is 12.1 Å². The van der Waals surface area contributed by atoms with Crippen molar-refractivity contribution in [1.29, 1.82) is 0 Å². The Hall–Kier alpha value is -1.88. The van der Waals surface area contributed by atoms with Gasteiger partial charge in [-0.15, -0.1) is 11.3 Å². The van der Waals surface area contributed by atoms with Crippen molar-refractivity contribution in [2.24, 2.45) is 5.73 Å². The number of carbonyl (C=O) groups is 1. The number of aromatic nitrogens is 1. The van der Waals surface area contributed by atoms with Gasteiger partial charge in [0.05, 0.1) is 6.04 Å². The molecule has 0 aliphatic heterocycles. The molecule has 2 aromatic heterocycles. The van der Waals surface area contributed by atoms with E-state index in [0.29, 0.717) is 11.7 Å². The van der Waals surface area contributed by atoms with Crippen LogP contribution in [0.5, 0.6) is 0 Å². The topological polar surface area (TPSA) is 68.0 Å². The number of aryl methyl sites for hydroxylation is 1. The lowest BCUT2D eigenvalue weighted by atomic mass is 9.94. The lowest BCUT2D eigenvalue weighted by Gasteiger charge is -2.24. The van der Waals surface area contributed by atoms with Crippen LogP contribution in [0.1, 0.15) is 39.8 Å². The van der Waals surface area contributed by atoms with Crippen molar-refractivity contribution in [1.82, 2.24) is 4.98 Å². The molecule has 19 heavy (non-hydrogen) atoms. The summed E-state index contributed by atoms with van der Waals surface area (Å²) in [6, 6.07) is 6.08. The summed E-state index contributed by atoms with van der Waals surface area (Å²) in [5.41, 5.74) is 7.83. The fourth-order valence-corrected chi connectivity index (χ4v) is 3.48. The summed E-state index contributed by atoms with van der Waals surface area (Å²) in [5, 5.41) is 5.62. The Morgan fingerprint density at radius 3 is 3.21 bits per heavy atom. The number of rotatable bonds is 3. The summed E-state index contributed by atoms with van der Waals surface area (Å²) in [7, 11) is 0. The average Bonchev–Trinajstić information content (AvgIpc) is 2.88. The standard InChI is InChI=1S/C14H15N3OS/c15-14(18)12-8-9(4-6-16-12)17-11-2-1-3-13-10(11)5-7-19-13/h4-8,11H,1-3H2,(H2,15,18)(H,16,17). The van der Waals surface area contributed by atoms with Gasteiger partial charge in [-0.25, -0.2) is 0 Å². The van der Waals surface area contributed by atoms with Crippen LogP contribution in [0.3, 0.4) is 0 Å². The molecular weight excluding hydrogens is 258 g/mol. The van der Waals surface area contributed by atoms with Crippen molar-refractivity contribution in [3.63, 3.8) is 0 Å². The van der Waals surface area contributed by atoms with Gasteiger partial charge in [-0.05, 0) is 48.4 Å². The van der Waals surface area contributed by atoms with Crippen molar-refractivity contribution in [2.75, 3.05) is 5.32 Å². The third-order valence-corrected chi connectivity index (χ3v) is 4.40. The molecule has 0 bridgehead atoms. The Labute approximate surface area is 115 Å². The summed E-state index contributed by atoms with van der Waals surface area (Å²) in [5.74, 6) is -0.497. The van der Waals surface area contributed by atoms with Gasteiger partial charge in [0.25, 0.3) is 5.91 Å². The molecule has 98 valence electrons. The number of fused-ring (bicyclic) bond motifs is 1. The number of anilines is 1. The minimum atomic E-state index is -0.497. The maximum Gasteiger partial charge on any atom is 0.267 e. The highest BCUT2D eigenvalue weighted by atomic mass is 32.1. The summed E-state index contributed by atoms with van der Waals surface area (Å²) in [6.45, 7) is 0. The van der Waals surface area contributed by atoms with E-state index in [-0.39, 0.29) is 0 Å². The van der Waals surface area contributed by atoms with Gasteiger partial charge in [0, 0.05) is 16.8 Å². The Morgan fingerprint density at radius 2 is 2.37 bits per heavy atom. The first-order chi connectivity index (χ1) is 9.24. The SMILES string of the molecule is NC(=O)c1cc(NC2CCCc3sccc32)ccn1. The minimum Gasteiger partial charge on any atom is -0.378 e. The molecule has 1 atom stereocenters. The van der Waals surface area contributed by atoms with Crippen molar-refractivity contribution in [2.45, 2.75) is 25.3 Å². The quantitative estimate of drug-likeness (QED) is 0.903. The molecular formula is C14H15N3OS. The molecule has 0 saturated carbocycles. The summed E-state index contributed by atoms with van der Waals surface area (Å²) in [6.07, 6.45) is 5.09. The number of nitrogens with zero attached hydrogens (tertiary/aromatic N) is 1. The zero-order chi connectivity index (χ0) is 13.2. The molecule has 3 N–H and O–H groups in total. The number of pyridine rings is 1. The Morgan fingerprint density at radius 1 is 1.47 bits per heavy atom. The molecule has 2 aromatic rings. The molecule has 0 spiro atoms. The second-order valence-electron chi connectivity index (χ2n) is 4.68. The van der Waals surface area contributed by atoms with Crippen LogP contribution in [0, 0.1) is 0 Å². The molecule has 1 aliphatic rings. The molecule has 1 aliphatic carbocycles. The number of hydrogen-bond acceptors (Lipinski definition) is 4. The van der Waals surface area contributed by atoms with Crippen LogP contribution in [0.4, 0.5) is 5.69 Å². The molecule has 5 heteroatoms. The van der Waals surface area contributed by atoms with Crippen molar-refractivity contribution in [3.05, 3.63) is 45.9 Å². The number of thiophene rings is 1. The van der Waals surface area contributed by atoms with Gasteiger partial charge in [-0.1, -0.05) is 0 Å². The largest absolute Gasteiger partial charge is 0.378 e. The third-order valence-electron chi connectivity index (χ3n) is 3.41. The highest BCUT2D eigenvalue weighted by molar-refractivity contribution is 7.10. The van der Waals surface area contributed by atoms with Crippen LogP contribution in [-0.2, 0) is 6.42 Å². The van der Waals surface area contributed by atoms with Crippen LogP contribution in [0.15, 0.2) is 29.8 Å². The predicted octanol–water partition coefficient (Wildman–Crippen LogP) is 2.73. The second-order valence-corrected chi connectivity index (χ2v) is 5.68. The molecule has 1 unspecified atom stereocenters. The normalized spacial score (nSPS) is 17.8. The highest BCUT2D eigenvalue weighted by Gasteiger charge is 2.21. The first-order valence-electron chi connectivity index (χ1n) is 6.32. The Balaban J connectivity index is 1.83. The van der Waals surface area contributed by atoms with Crippen molar-refractivity contribution >= 4 is 22.9 Å². The van der Waals surface area contributed by atoms with Crippen LogP contribution >= 0.6 is 11.3 Å². The fourth-order valence-electron chi connectivity index (χ4n) is 2.49. The molecule has 0 fully saturated rings. The number of primary amides is 1. The monoisotopic (exact) mass is 273 g/mol. The van der Waals surface area contributed by atoms with E-state index in [1.165, 1.54) is 23.3 Å². The summed E-state index contributed by atoms with van der Waals surface area (Å²) in [4.78, 5) is 16.6. The molecule has 0 radical (unpaired) electrons. The van der Waals surface area contributed by atoms with Crippen LogP contribution < -0.4 is 11.1 Å². The summed E-state index contributed by atoms with van der Waals surface area (Å²) >= 11 is 1.82. The number of nitrogens with two attached hydrogens (primary N) is 1. The lowest BCUT2D eigenvalue weighted by Crippen LogP contribution is -2.17. The molecule has 0 aromatic carbocycles. The van der Waals surface area contributed by atoms with Crippen LogP contribution in [0.25, 0.3) is 0 Å². The third kappa shape index (κ3) is 2.46. The Bertz CT molecular complexity index is 608. The smallest absolute Gasteiger partial charge is 0.267 e. The van der Waals surface area contributed by atoms with Crippen LogP contribution in [0.2, 0.25) is 0 Å². The van der Waals surface area contributed by atoms with Crippen molar-refractivity contribution in [3.8, 4) is 0 Å². The molecule has 2 heterocycles. The first-order valence-corrected chi connectivity index (χ1v) is 7.20. The van der Waals surface area contributed by atoms with E-state index in [1.807, 2.05) is 17.4 Å². The molecule has 4 nitrogen and oxygen atoms in total. The van der Waals surface area contributed by atoms with E-state index in [2.05, 4.69) is 21.7 Å². The zero-order valence-electron chi connectivity index (χ0n) is 10.4. The van der Waals surface area contributed by atoms with Gasteiger partial charge >= 0.3 is 0 Å². The van der Waals surface area contributed by atoms with Crippen molar-refractivity contribution < 1.29 is 4.79 Å². The van der Waals surface area contributed by atoms with Gasteiger partial charge in [-0.2, -0.15) is 0 Å². The number of amides is 1. The van der Waals surface area contributed by atoms with E-state index in [4.69, 9.17) is 5.73 Å².